The minimum absolute atomic E-state index is 0.0750. The van der Waals surface area contributed by atoms with Crippen molar-refractivity contribution in [3.63, 3.8) is 0 Å². The molecule has 1 radical (unpaired) electrons. The lowest BCUT2D eigenvalue weighted by Gasteiger charge is -2.22. The zero-order chi connectivity index (χ0) is 12.1. The van der Waals surface area contributed by atoms with Crippen molar-refractivity contribution >= 4 is 7.28 Å². The Kier molecular flexibility index (Phi) is 5.80. The quantitative estimate of drug-likeness (QED) is 0.650. The largest absolute Gasteiger partial charge is 0.379 e. The van der Waals surface area contributed by atoms with E-state index in [1.807, 2.05) is 20.7 Å². The SMILES string of the molecule is C[B][C@H]1C[C@@H](OC(C)C)[C@@H](COC(C)C)O1. The summed E-state index contributed by atoms with van der Waals surface area (Å²) in [6, 6.07) is 0.213. The van der Waals surface area contributed by atoms with Gasteiger partial charge in [0.1, 0.15) is 13.4 Å². The molecule has 0 unspecified atom stereocenters. The molecule has 1 rings (SSSR count). The van der Waals surface area contributed by atoms with Crippen molar-refractivity contribution in [2.24, 2.45) is 0 Å². The maximum atomic E-state index is 5.87. The van der Waals surface area contributed by atoms with E-state index >= 15 is 0 Å². The van der Waals surface area contributed by atoms with Gasteiger partial charge in [0.2, 0.25) is 0 Å². The summed E-state index contributed by atoms with van der Waals surface area (Å²) in [6.07, 6.45) is 1.67. The third kappa shape index (κ3) is 4.44. The molecule has 1 fully saturated rings. The molecule has 1 heterocycles. The lowest BCUT2D eigenvalue weighted by Crippen LogP contribution is -2.32. The van der Waals surface area contributed by atoms with Crippen molar-refractivity contribution in [3.05, 3.63) is 0 Å². The third-order valence-corrected chi connectivity index (χ3v) is 2.64. The van der Waals surface area contributed by atoms with Gasteiger partial charge in [0.15, 0.2) is 0 Å². The highest BCUT2D eigenvalue weighted by atomic mass is 16.6. The molecule has 0 aromatic carbocycles. The Labute approximate surface area is 100 Å². The summed E-state index contributed by atoms with van der Waals surface area (Å²) in [4.78, 5) is 0. The Hall–Kier alpha value is -0.0551. The first-order valence-electron chi connectivity index (χ1n) is 6.25. The van der Waals surface area contributed by atoms with Crippen LogP contribution in [0.5, 0.6) is 0 Å². The minimum atomic E-state index is 0.0750. The molecule has 0 aromatic heterocycles. The van der Waals surface area contributed by atoms with Gasteiger partial charge in [-0.1, -0.05) is 6.82 Å². The lowest BCUT2D eigenvalue weighted by atomic mass is 9.73. The molecular weight excluding hydrogens is 203 g/mol. The highest BCUT2D eigenvalue weighted by Gasteiger charge is 2.35. The smallest absolute Gasteiger partial charge is 0.146 e. The second kappa shape index (κ2) is 6.62. The number of ether oxygens (including phenoxy) is 3. The molecule has 3 atom stereocenters. The molecule has 0 bridgehead atoms. The van der Waals surface area contributed by atoms with Gasteiger partial charge in [0.25, 0.3) is 0 Å². The first-order chi connectivity index (χ1) is 7.52. The van der Waals surface area contributed by atoms with Crippen LogP contribution in [0.2, 0.25) is 6.82 Å². The van der Waals surface area contributed by atoms with Gasteiger partial charge in [-0.25, -0.2) is 0 Å². The molecule has 1 aliphatic rings. The van der Waals surface area contributed by atoms with Gasteiger partial charge >= 0.3 is 0 Å². The van der Waals surface area contributed by atoms with E-state index < -0.39 is 0 Å². The molecule has 0 spiro atoms. The maximum absolute atomic E-state index is 5.87. The van der Waals surface area contributed by atoms with Crippen LogP contribution in [0, 0.1) is 0 Å². The number of hydrogen-bond donors (Lipinski definition) is 0. The summed E-state index contributed by atoms with van der Waals surface area (Å²) in [6.45, 7) is 10.8. The standard InChI is InChI=1S/C12H24BO3/c1-8(2)14-7-11-10(15-9(3)4)6-12(13-5)16-11/h8-12H,6-7H2,1-5H3/t10-,11-,12-/m1/s1. The highest BCUT2D eigenvalue weighted by molar-refractivity contribution is 6.35. The number of rotatable bonds is 6. The summed E-state index contributed by atoms with van der Waals surface area (Å²) < 4.78 is 17.3. The van der Waals surface area contributed by atoms with Gasteiger partial charge in [-0.3, -0.25) is 0 Å². The van der Waals surface area contributed by atoms with Gasteiger partial charge in [0, 0.05) is 6.00 Å². The van der Waals surface area contributed by atoms with Crippen molar-refractivity contribution in [1.82, 2.24) is 0 Å². The van der Waals surface area contributed by atoms with Gasteiger partial charge in [0.05, 0.1) is 24.9 Å². The first kappa shape index (κ1) is 14.0. The van der Waals surface area contributed by atoms with Gasteiger partial charge in [-0.2, -0.15) is 0 Å². The normalized spacial score (nSPS) is 30.3. The summed E-state index contributed by atoms with van der Waals surface area (Å²) in [5.74, 6) is 0. The minimum Gasteiger partial charge on any atom is -0.379 e. The molecule has 0 amide bonds. The molecule has 0 aromatic rings. The number of hydrogen-bond acceptors (Lipinski definition) is 3. The van der Waals surface area contributed by atoms with Crippen molar-refractivity contribution in [2.45, 2.75) is 71.4 Å². The van der Waals surface area contributed by atoms with E-state index in [0.717, 1.165) is 6.42 Å². The van der Waals surface area contributed by atoms with Crippen LogP contribution in [-0.4, -0.2) is 44.3 Å². The van der Waals surface area contributed by atoms with Crippen LogP contribution >= 0.6 is 0 Å². The van der Waals surface area contributed by atoms with Crippen molar-refractivity contribution in [3.8, 4) is 0 Å². The van der Waals surface area contributed by atoms with E-state index in [1.165, 1.54) is 0 Å². The topological polar surface area (TPSA) is 27.7 Å². The summed E-state index contributed by atoms with van der Waals surface area (Å²) in [5.41, 5.74) is 0. The van der Waals surface area contributed by atoms with Crippen LogP contribution in [0.25, 0.3) is 0 Å². The zero-order valence-electron chi connectivity index (χ0n) is 11.1. The fourth-order valence-corrected chi connectivity index (χ4v) is 1.89. The van der Waals surface area contributed by atoms with Gasteiger partial charge in [-0.15, -0.1) is 0 Å². The maximum Gasteiger partial charge on any atom is 0.146 e. The Morgan fingerprint density at radius 1 is 1.25 bits per heavy atom. The van der Waals surface area contributed by atoms with Gasteiger partial charge in [-0.05, 0) is 34.1 Å². The van der Waals surface area contributed by atoms with Crippen molar-refractivity contribution in [1.29, 1.82) is 0 Å². The molecule has 4 heteroatoms. The van der Waals surface area contributed by atoms with E-state index in [-0.39, 0.29) is 30.4 Å². The van der Waals surface area contributed by atoms with Crippen LogP contribution in [0.3, 0.4) is 0 Å². The Balaban J connectivity index is 2.43. The van der Waals surface area contributed by atoms with Crippen LogP contribution < -0.4 is 0 Å². The Morgan fingerprint density at radius 3 is 2.44 bits per heavy atom. The molecule has 0 saturated carbocycles. The molecule has 1 saturated heterocycles. The highest BCUT2D eigenvalue weighted by Crippen LogP contribution is 2.24. The van der Waals surface area contributed by atoms with Gasteiger partial charge < -0.3 is 14.2 Å². The predicted molar refractivity (Wildman–Crippen MR) is 66.0 cm³/mol. The lowest BCUT2D eigenvalue weighted by molar-refractivity contribution is -0.0809. The average Bonchev–Trinajstić information content (AvgIpc) is 2.56. The Bertz CT molecular complexity index is 197. The molecule has 3 nitrogen and oxygen atoms in total. The predicted octanol–water partition coefficient (Wildman–Crippen LogP) is 2.07. The summed E-state index contributed by atoms with van der Waals surface area (Å²) in [5, 5.41) is 0. The van der Waals surface area contributed by atoms with Crippen LogP contribution in [-0.2, 0) is 14.2 Å². The second-order valence-electron chi connectivity index (χ2n) is 4.89. The van der Waals surface area contributed by atoms with E-state index in [2.05, 4.69) is 21.1 Å². The first-order valence-corrected chi connectivity index (χ1v) is 6.25. The fourth-order valence-electron chi connectivity index (χ4n) is 1.89. The van der Waals surface area contributed by atoms with E-state index in [0.29, 0.717) is 6.61 Å². The van der Waals surface area contributed by atoms with E-state index in [4.69, 9.17) is 14.2 Å². The van der Waals surface area contributed by atoms with E-state index in [1.54, 1.807) is 0 Å². The summed E-state index contributed by atoms with van der Waals surface area (Å²) in [7, 11) is 2.09. The monoisotopic (exact) mass is 227 g/mol. The summed E-state index contributed by atoms with van der Waals surface area (Å²) >= 11 is 0. The molecule has 0 N–H and O–H groups in total. The molecular formula is C12H24BO3. The zero-order valence-corrected chi connectivity index (χ0v) is 11.1. The van der Waals surface area contributed by atoms with Crippen LogP contribution in [0.15, 0.2) is 0 Å². The Morgan fingerprint density at radius 2 is 1.94 bits per heavy atom. The molecule has 16 heavy (non-hydrogen) atoms. The van der Waals surface area contributed by atoms with Crippen LogP contribution in [0.4, 0.5) is 0 Å². The second-order valence-corrected chi connectivity index (χ2v) is 4.89. The van der Waals surface area contributed by atoms with Crippen molar-refractivity contribution < 1.29 is 14.2 Å². The van der Waals surface area contributed by atoms with Crippen molar-refractivity contribution in [2.75, 3.05) is 6.61 Å². The molecule has 0 aliphatic carbocycles. The van der Waals surface area contributed by atoms with Crippen LogP contribution in [0.1, 0.15) is 34.1 Å². The molecule has 93 valence electrons. The fraction of sp³-hybridized carbons (Fsp3) is 1.00. The van der Waals surface area contributed by atoms with E-state index in [9.17, 15) is 0 Å². The third-order valence-electron chi connectivity index (χ3n) is 2.64. The molecule has 1 aliphatic heterocycles. The average molecular weight is 227 g/mol.